The van der Waals surface area contributed by atoms with Crippen molar-refractivity contribution in [2.75, 3.05) is 31.7 Å². The summed E-state index contributed by atoms with van der Waals surface area (Å²) in [5.41, 5.74) is 2.92. The highest BCUT2D eigenvalue weighted by atomic mass is 35.6. The zero-order valence-corrected chi connectivity index (χ0v) is 33.8. The van der Waals surface area contributed by atoms with Gasteiger partial charge in [-0.15, -0.1) is 23.5 Å². The van der Waals surface area contributed by atoms with E-state index >= 15 is 0 Å². The van der Waals surface area contributed by atoms with E-state index in [1.807, 2.05) is 50.4 Å². The highest BCUT2D eigenvalue weighted by molar-refractivity contribution is 8.17. The number of rotatable bonds is 15. The molecule has 9 nitrogen and oxygen atoms in total. The SMILES string of the molecule is C=C(CC1SCCCS1)[C@H](C)[C@@H](OC(=O)CNC(=O)[C@H](C(C)C)N(C)C(=O)[C@H](C)NC(=O)OCC(Cl)(Cl)Cl)/C(C)=C/C(C)=C/C(C)(C)C. The molecule has 1 heterocycles. The van der Waals surface area contributed by atoms with Crippen LogP contribution in [-0.2, 0) is 23.9 Å². The predicted octanol–water partition coefficient (Wildman–Crippen LogP) is 7.70. The van der Waals surface area contributed by atoms with Gasteiger partial charge < -0.3 is 25.0 Å². The van der Waals surface area contributed by atoms with Crippen molar-refractivity contribution >= 4 is 82.2 Å². The van der Waals surface area contributed by atoms with Crippen molar-refractivity contribution in [3.8, 4) is 0 Å². The van der Waals surface area contributed by atoms with Crippen LogP contribution in [0.5, 0.6) is 0 Å². The van der Waals surface area contributed by atoms with E-state index < -0.39 is 59.0 Å². The van der Waals surface area contributed by atoms with E-state index in [1.54, 1.807) is 13.8 Å². The number of alkyl carbamates (subject to hydrolysis) is 1. The minimum absolute atomic E-state index is 0.0214. The highest BCUT2D eigenvalue weighted by Crippen LogP contribution is 2.37. The molecule has 14 heteroatoms. The van der Waals surface area contributed by atoms with E-state index in [4.69, 9.17) is 44.3 Å². The van der Waals surface area contributed by atoms with Crippen LogP contribution < -0.4 is 10.6 Å². The molecule has 1 rings (SSSR count). The first-order valence-corrected chi connectivity index (χ1v) is 19.3. The molecule has 0 bridgehead atoms. The third-order valence-corrected chi connectivity index (χ3v) is 10.7. The number of likely N-dealkylation sites (N-methyl/N-ethyl adjacent to an activating group) is 1. The second kappa shape index (κ2) is 20.4. The summed E-state index contributed by atoms with van der Waals surface area (Å²) in [7, 11) is 1.45. The highest BCUT2D eigenvalue weighted by Gasteiger charge is 2.34. The molecule has 274 valence electrons. The molecule has 0 aromatic rings. The molecule has 4 atom stereocenters. The standard InChI is InChI=1S/C34H54Cl3N3O6S2/c1-20(2)28(40(11)31(43)25(7)39-32(44)45-19-34(35,36)37)30(42)38-18-26(41)46-29(23(5)15-21(3)17-33(8,9)10)24(6)22(4)16-27-47-13-12-14-48-27/h15,17,20,24-25,27-29H,4,12-14,16,18-19H2,1-3,5-11H3,(H,38,42)(H,39,44)/b21-17+,23-15+/t24-,25-,28-,29-/m0/s1. The van der Waals surface area contributed by atoms with Gasteiger partial charge in [-0.3, -0.25) is 14.4 Å². The molecule has 0 aromatic heterocycles. The van der Waals surface area contributed by atoms with Crippen LogP contribution in [0.25, 0.3) is 0 Å². The van der Waals surface area contributed by atoms with Gasteiger partial charge in [0.05, 0.1) is 4.58 Å². The van der Waals surface area contributed by atoms with Crippen LogP contribution >= 0.6 is 58.3 Å². The number of thioether (sulfide) groups is 2. The van der Waals surface area contributed by atoms with E-state index in [9.17, 15) is 19.2 Å². The normalized spacial score (nSPS) is 17.5. The van der Waals surface area contributed by atoms with Crippen molar-refractivity contribution < 1.29 is 28.7 Å². The van der Waals surface area contributed by atoms with Gasteiger partial charge in [0.2, 0.25) is 15.6 Å². The quantitative estimate of drug-likeness (QED) is 0.0755. The molecule has 1 fully saturated rings. The lowest BCUT2D eigenvalue weighted by atomic mass is 9.88. The minimum atomic E-state index is -1.81. The van der Waals surface area contributed by atoms with Gasteiger partial charge in [-0.25, -0.2) is 4.79 Å². The Kier molecular flexibility index (Phi) is 18.9. The van der Waals surface area contributed by atoms with Crippen molar-refractivity contribution in [3.63, 3.8) is 0 Å². The van der Waals surface area contributed by atoms with E-state index in [0.717, 1.165) is 34.6 Å². The summed E-state index contributed by atoms with van der Waals surface area (Å²) >= 11 is 20.7. The molecule has 1 saturated heterocycles. The smallest absolute Gasteiger partial charge is 0.407 e. The van der Waals surface area contributed by atoms with Crippen molar-refractivity contribution in [1.29, 1.82) is 0 Å². The molecule has 1 aliphatic rings. The summed E-state index contributed by atoms with van der Waals surface area (Å²) in [5, 5.41) is 5.01. The summed E-state index contributed by atoms with van der Waals surface area (Å²) in [6, 6.07) is -2.00. The maximum Gasteiger partial charge on any atom is 0.407 e. The molecule has 0 aliphatic carbocycles. The molecule has 0 spiro atoms. The van der Waals surface area contributed by atoms with Crippen molar-refractivity contribution in [3.05, 3.63) is 35.5 Å². The first kappa shape index (κ1) is 44.5. The Balaban J connectivity index is 3.03. The summed E-state index contributed by atoms with van der Waals surface area (Å²) in [6.45, 7) is 20.8. The van der Waals surface area contributed by atoms with Crippen LogP contribution in [-0.4, -0.2) is 87.0 Å². The number of halogens is 3. The van der Waals surface area contributed by atoms with Crippen LogP contribution in [0.3, 0.4) is 0 Å². The monoisotopic (exact) mass is 769 g/mol. The average molecular weight is 771 g/mol. The number of hydrogen-bond acceptors (Lipinski definition) is 8. The van der Waals surface area contributed by atoms with Crippen molar-refractivity contribution in [1.82, 2.24) is 15.5 Å². The molecule has 48 heavy (non-hydrogen) atoms. The van der Waals surface area contributed by atoms with Gasteiger partial charge in [0.1, 0.15) is 31.3 Å². The Morgan fingerprint density at radius 2 is 1.62 bits per heavy atom. The Morgan fingerprint density at radius 1 is 1.04 bits per heavy atom. The van der Waals surface area contributed by atoms with Crippen LogP contribution in [0.2, 0.25) is 0 Å². The first-order chi connectivity index (χ1) is 22.0. The molecule has 2 N–H and O–H groups in total. The summed E-state index contributed by atoms with van der Waals surface area (Å²) in [4.78, 5) is 53.0. The molecule has 0 radical (unpaired) electrons. The van der Waals surface area contributed by atoms with Crippen LogP contribution in [0.4, 0.5) is 4.79 Å². The number of hydrogen-bond donors (Lipinski definition) is 2. The summed E-state index contributed by atoms with van der Waals surface area (Å²) in [5.74, 6) is 0.0698. The average Bonchev–Trinajstić information content (AvgIpc) is 2.95. The van der Waals surface area contributed by atoms with Gasteiger partial charge >= 0.3 is 12.1 Å². The van der Waals surface area contributed by atoms with Crippen LogP contribution in [0, 0.1) is 17.3 Å². The zero-order chi connectivity index (χ0) is 37.0. The van der Waals surface area contributed by atoms with Gasteiger partial charge in [0.15, 0.2) is 0 Å². The molecule has 0 aromatic carbocycles. The van der Waals surface area contributed by atoms with E-state index in [0.29, 0.717) is 4.58 Å². The molecule has 0 saturated carbocycles. The maximum absolute atomic E-state index is 13.3. The third-order valence-electron chi connectivity index (χ3n) is 7.39. The molecular weight excluding hydrogens is 717 g/mol. The number of amides is 3. The number of nitrogens with zero attached hydrogens (tertiary/aromatic N) is 1. The van der Waals surface area contributed by atoms with Gasteiger partial charge in [0.25, 0.3) is 0 Å². The van der Waals surface area contributed by atoms with Crippen molar-refractivity contribution in [2.24, 2.45) is 17.3 Å². The van der Waals surface area contributed by atoms with Crippen LogP contribution in [0.15, 0.2) is 35.5 Å². The number of carbonyl (C=O) groups excluding carboxylic acids is 4. The van der Waals surface area contributed by atoms with Crippen LogP contribution in [0.1, 0.15) is 75.2 Å². The number of esters is 1. The van der Waals surface area contributed by atoms with Gasteiger partial charge in [-0.1, -0.05) is 106 Å². The van der Waals surface area contributed by atoms with Crippen molar-refractivity contribution in [2.45, 2.75) is 102 Å². The Labute approximate surface area is 311 Å². The first-order valence-electron chi connectivity index (χ1n) is 16.0. The maximum atomic E-state index is 13.3. The van der Waals surface area contributed by atoms with Gasteiger partial charge in [0, 0.05) is 13.0 Å². The number of carbonyl (C=O) groups is 4. The minimum Gasteiger partial charge on any atom is -0.456 e. The number of nitrogens with one attached hydrogen (secondary N) is 2. The molecule has 3 amide bonds. The predicted molar refractivity (Wildman–Crippen MR) is 202 cm³/mol. The van der Waals surface area contributed by atoms with E-state index in [-0.39, 0.29) is 17.3 Å². The lowest BCUT2D eigenvalue weighted by Gasteiger charge is -2.32. The van der Waals surface area contributed by atoms with E-state index in [2.05, 4.69) is 44.1 Å². The summed E-state index contributed by atoms with van der Waals surface area (Å²) < 4.78 is 9.49. The Morgan fingerprint density at radius 3 is 2.15 bits per heavy atom. The fourth-order valence-corrected chi connectivity index (χ4v) is 8.39. The topological polar surface area (TPSA) is 114 Å². The molecule has 1 aliphatic heterocycles. The van der Waals surface area contributed by atoms with E-state index in [1.165, 1.54) is 25.3 Å². The summed E-state index contributed by atoms with van der Waals surface area (Å²) in [6.07, 6.45) is 4.68. The Hall–Kier alpha value is -1.53. The number of ether oxygens (including phenoxy) is 2. The lowest BCUT2D eigenvalue weighted by Crippen LogP contribution is -2.56. The number of allylic oxidation sites excluding steroid dienone is 3. The Bertz CT molecular complexity index is 1190. The zero-order valence-electron chi connectivity index (χ0n) is 29.9. The van der Waals surface area contributed by atoms with Gasteiger partial charge in [-0.2, -0.15) is 0 Å². The largest absolute Gasteiger partial charge is 0.456 e. The second-order valence-electron chi connectivity index (χ2n) is 13.6. The fourth-order valence-electron chi connectivity index (χ4n) is 5.27. The number of alkyl halides is 3. The van der Waals surface area contributed by atoms with Gasteiger partial charge in [-0.05, 0) is 62.0 Å². The molecule has 0 unspecified atom stereocenters. The fraction of sp³-hybridized carbons (Fsp3) is 0.706. The third kappa shape index (κ3) is 16.9. The second-order valence-corrected chi connectivity index (χ2v) is 19.1. The lowest BCUT2D eigenvalue weighted by molar-refractivity contribution is -0.149. The molecular formula is C34H54Cl3N3O6S2.